The number of anilines is 1. The number of nitrogens with zero attached hydrogens (tertiary/aromatic N) is 3. The van der Waals surface area contributed by atoms with E-state index in [9.17, 15) is 0 Å². The second kappa shape index (κ2) is 7.34. The maximum atomic E-state index is 5.42. The quantitative estimate of drug-likeness (QED) is 0.841. The molecule has 24 heavy (non-hydrogen) atoms. The van der Waals surface area contributed by atoms with E-state index in [1.54, 1.807) is 14.2 Å². The molecule has 1 saturated heterocycles. The zero-order valence-corrected chi connectivity index (χ0v) is 14.5. The largest absolute Gasteiger partial charge is 0.497 e. The zero-order valence-electron chi connectivity index (χ0n) is 14.5. The van der Waals surface area contributed by atoms with Gasteiger partial charge < -0.3 is 14.4 Å². The first-order valence-corrected chi connectivity index (χ1v) is 8.20. The van der Waals surface area contributed by atoms with E-state index in [-0.39, 0.29) is 0 Å². The van der Waals surface area contributed by atoms with Gasteiger partial charge in [0.05, 0.1) is 14.2 Å². The van der Waals surface area contributed by atoms with E-state index in [2.05, 4.69) is 20.9 Å². The Morgan fingerprint density at radius 1 is 1.00 bits per heavy atom. The molecule has 3 rings (SSSR count). The van der Waals surface area contributed by atoms with Gasteiger partial charge in [-0.15, -0.1) is 0 Å². The van der Waals surface area contributed by atoms with Crippen LogP contribution in [-0.2, 0) is 0 Å². The van der Waals surface area contributed by atoms with E-state index in [0.29, 0.717) is 0 Å². The van der Waals surface area contributed by atoms with Crippen molar-refractivity contribution < 1.29 is 9.47 Å². The standard InChI is InChI=1S/C19H23N3O2/c1-14-12-19(22-10-4-5-11-22)21-18(20-14)9-7-15-6-8-16(23-2)13-17(15)24-3/h6-9,12-13H,4-5,10-11H2,1-3H3/b9-7+. The van der Waals surface area contributed by atoms with Gasteiger partial charge in [-0.3, -0.25) is 0 Å². The van der Waals surface area contributed by atoms with Crippen LogP contribution >= 0.6 is 0 Å². The van der Waals surface area contributed by atoms with Crippen LogP contribution in [0.15, 0.2) is 24.3 Å². The number of ether oxygens (including phenoxy) is 2. The fourth-order valence-electron chi connectivity index (χ4n) is 2.88. The minimum Gasteiger partial charge on any atom is -0.497 e. The van der Waals surface area contributed by atoms with Gasteiger partial charge in [0.15, 0.2) is 5.82 Å². The minimum absolute atomic E-state index is 0.717. The lowest BCUT2D eigenvalue weighted by molar-refractivity contribution is 0.394. The summed E-state index contributed by atoms with van der Waals surface area (Å²) >= 11 is 0. The summed E-state index contributed by atoms with van der Waals surface area (Å²) in [6.07, 6.45) is 6.37. The molecule has 2 aromatic rings. The molecule has 1 aromatic heterocycles. The van der Waals surface area contributed by atoms with Crippen molar-refractivity contribution in [3.05, 3.63) is 41.3 Å². The fraction of sp³-hybridized carbons (Fsp3) is 0.368. The molecule has 0 saturated carbocycles. The van der Waals surface area contributed by atoms with Gasteiger partial charge in [-0.05, 0) is 44.1 Å². The van der Waals surface area contributed by atoms with Crippen molar-refractivity contribution in [2.24, 2.45) is 0 Å². The molecule has 0 spiro atoms. The van der Waals surface area contributed by atoms with Crippen LogP contribution in [0.5, 0.6) is 11.5 Å². The molecule has 0 N–H and O–H groups in total. The third-order valence-corrected chi connectivity index (χ3v) is 4.14. The van der Waals surface area contributed by atoms with Crippen molar-refractivity contribution in [3.63, 3.8) is 0 Å². The van der Waals surface area contributed by atoms with Gasteiger partial charge in [0, 0.05) is 36.5 Å². The Morgan fingerprint density at radius 2 is 1.79 bits per heavy atom. The van der Waals surface area contributed by atoms with Crippen molar-refractivity contribution in [1.82, 2.24) is 9.97 Å². The summed E-state index contributed by atoms with van der Waals surface area (Å²) in [5, 5.41) is 0. The molecule has 0 amide bonds. The van der Waals surface area contributed by atoms with Gasteiger partial charge in [-0.2, -0.15) is 0 Å². The molecule has 1 aliphatic heterocycles. The van der Waals surface area contributed by atoms with Crippen LogP contribution in [-0.4, -0.2) is 37.3 Å². The molecule has 126 valence electrons. The highest BCUT2D eigenvalue weighted by Gasteiger charge is 2.14. The molecule has 0 unspecified atom stereocenters. The van der Waals surface area contributed by atoms with Crippen LogP contribution < -0.4 is 14.4 Å². The third kappa shape index (κ3) is 3.67. The van der Waals surface area contributed by atoms with Gasteiger partial charge in [0.25, 0.3) is 0 Å². The highest BCUT2D eigenvalue weighted by Crippen LogP contribution is 2.26. The first-order valence-electron chi connectivity index (χ1n) is 8.20. The molecular weight excluding hydrogens is 302 g/mol. The average Bonchev–Trinajstić information content (AvgIpc) is 3.14. The van der Waals surface area contributed by atoms with Gasteiger partial charge in [-0.25, -0.2) is 9.97 Å². The predicted octanol–water partition coefficient (Wildman–Crippen LogP) is 3.57. The van der Waals surface area contributed by atoms with Gasteiger partial charge in [-0.1, -0.05) is 0 Å². The topological polar surface area (TPSA) is 47.5 Å². The molecule has 1 aliphatic rings. The fourth-order valence-corrected chi connectivity index (χ4v) is 2.88. The van der Waals surface area contributed by atoms with Crippen LogP contribution in [0, 0.1) is 6.92 Å². The highest BCUT2D eigenvalue weighted by atomic mass is 16.5. The van der Waals surface area contributed by atoms with Crippen LogP contribution in [0.2, 0.25) is 0 Å². The van der Waals surface area contributed by atoms with Crippen LogP contribution in [0.4, 0.5) is 5.82 Å². The second-order valence-electron chi connectivity index (χ2n) is 5.86. The van der Waals surface area contributed by atoms with E-state index in [0.717, 1.165) is 47.5 Å². The lowest BCUT2D eigenvalue weighted by Gasteiger charge is -2.16. The number of hydrogen-bond acceptors (Lipinski definition) is 5. The summed E-state index contributed by atoms with van der Waals surface area (Å²) < 4.78 is 10.7. The van der Waals surface area contributed by atoms with E-state index >= 15 is 0 Å². The monoisotopic (exact) mass is 325 g/mol. The summed E-state index contributed by atoms with van der Waals surface area (Å²) in [7, 11) is 3.30. The Bertz CT molecular complexity index is 737. The molecule has 5 heteroatoms. The maximum absolute atomic E-state index is 5.42. The Hall–Kier alpha value is -2.56. The predicted molar refractivity (Wildman–Crippen MR) is 96.7 cm³/mol. The molecule has 5 nitrogen and oxygen atoms in total. The molecular formula is C19H23N3O2. The molecule has 0 aliphatic carbocycles. The number of benzene rings is 1. The number of aromatic nitrogens is 2. The van der Waals surface area contributed by atoms with Gasteiger partial charge in [0.2, 0.25) is 0 Å². The molecule has 1 fully saturated rings. The molecule has 0 bridgehead atoms. The van der Waals surface area contributed by atoms with E-state index in [4.69, 9.17) is 9.47 Å². The molecule has 1 aromatic carbocycles. The summed E-state index contributed by atoms with van der Waals surface area (Å²) in [5.41, 5.74) is 1.94. The number of methoxy groups -OCH3 is 2. The van der Waals surface area contributed by atoms with Crippen LogP contribution in [0.3, 0.4) is 0 Å². The smallest absolute Gasteiger partial charge is 0.154 e. The third-order valence-electron chi connectivity index (χ3n) is 4.14. The summed E-state index contributed by atoms with van der Waals surface area (Å²) in [4.78, 5) is 11.5. The Balaban J connectivity index is 1.86. The summed E-state index contributed by atoms with van der Waals surface area (Å²) in [6.45, 7) is 4.16. The first-order chi connectivity index (χ1) is 11.7. The Morgan fingerprint density at radius 3 is 2.50 bits per heavy atom. The van der Waals surface area contributed by atoms with Crippen molar-refractivity contribution >= 4 is 18.0 Å². The first kappa shape index (κ1) is 16.3. The van der Waals surface area contributed by atoms with Crippen molar-refractivity contribution in [2.45, 2.75) is 19.8 Å². The van der Waals surface area contributed by atoms with Gasteiger partial charge in [0.1, 0.15) is 17.3 Å². The normalized spacial score (nSPS) is 14.4. The van der Waals surface area contributed by atoms with Crippen molar-refractivity contribution in [1.29, 1.82) is 0 Å². The SMILES string of the molecule is COc1ccc(/C=C/c2nc(C)cc(N3CCCC3)n2)c(OC)c1. The van der Waals surface area contributed by atoms with E-state index in [1.165, 1.54) is 12.8 Å². The van der Waals surface area contributed by atoms with Crippen LogP contribution in [0.1, 0.15) is 29.9 Å². The maximum Gasteiger partial charge on any atom is 0.154 e. The Labute approximate surface area is 143 Å². The zero-order chi connectivity index (χ0) is 16.9. The van der Waals surface area contributed by atoms with Crippen molar-refractivity contribution in [3.8, 4) is 11.5 Å². The number of aryl methyl sites for hydroxylation is 1. The summed E-state index contributed by atoms with van der Waals surface area (Å²) in [6, 6.07) is 7.79. The molecule has 0 radical (unpaired) electrons. The highest BCUT2D eigenvalue weighted by molar-refractivity contribution is 5.71. The minimum atomic E-state index is 0.717. The lowest BCUT2D eigenvalue weighted by atomic mass is 10.1. The van der Waals surface area contributed by atoms with Crippen molar-refractivity contribution in [2.75, 3.05) is 32.2 Å². The van der Waals surface area contributed by atoms with Gasteiger partial charge >= 0.3 is 0 Å². The molecule has 0 atom stereocenters. The number of hydrogen-bond donors (Lipinski definition) is 0. The van der Waals surface area contributed by atoms with E-state index in [1.807, 2.05) is 37.3 Å². The lowest BCUT2D eigenvalue weighted by Crippen LogP contribution is -2.19. The van der Waals surface area contributed by atoms with Crippen LogP contribution in [0.25, 0.3) is 12.2 Å². The molecule has 2 heterocycles. The summed E-state index contributed by atoms with van der Waals surface area (Å²) in [5.74, 6) is 3.27. The second-order valence-corrected chi connectivity index (χ2v) is 5.86. The Kier molecular flexibility index (Phi) is 4.99. The average molecular weight is 325 g/mol. The van der Waals surface area contributed by atoms with E-state index < -0.39 is 0 Å². The number of rotatable bonds is 5.